The van der Waals surface area contributed by atoms with Gasteiger partial charge in [-0.05, 0) is 42.0 Å². The van der Waals surface area contributed by atoms with Crippen molar-refractivity contribution in [1.29, 1.82) is 0 Å². The zero-order valence-electron chi connectivity index (χ0n) is 11.6. The highest BCUT2D eigenvalue weighted by Gasteiger charge is 2.33. The molecular weight excluding hydrogens is 330 g/mol. The molecule has 0 bridgehead atoms. The summed E-state index contributed by atoms with van der Waals surface area (Å²) in [5.74, 6) is -0.422. The predicted molar refractivity (Wildman–Crippen MR) is 84.8 cm³/mol. The van der Waals surface area contributed by atoms with E-state index in [2.05, 4.69) is 15.8 Å². The molecule has 2 aromatic carbocycles. The molecule has 8 heteroatoms. The molecule has 2 rings (SSSR count). The van der Waals surface area contributed by atoms with E-state index in [-0.39, 0.29) is 10.8 Å². The summed E-state index contributed by atoms with van der Waals surface area (Å²) in [5, 5.41) is 6.05. The quantitative estimate of drug-likeness (QED) is 0.381. The van der Waals surface area contributed by atoms with Crippen molar-refractivity contribution < 1.29 is 17.6 Å². The first-order chi connectivity index (χ1) is 10.9. The van der Waals surface area contributed by atoms with E-state index in [0.717, 1.165) is 6.07 Å². The number of hydrogen-bond donors (Lipinski definition) is 2. The lowest BCUT2D eigenvalue weighted by Crippen LogP contribution is -2.25. The van der Waals surface area contributed by atoms with E-state index >= 15 is 0 Å². The van der Waals surface area contributed by atoms with E-state index in [1.54, 1.807) is 6.07 Å². The van der Waals surface area contributed by atoms with Crippen molar-refractivity contribution in [3.8, 4) is 0 Å². The molecule has 0 heterocycles. The molecule has 0 fully saturated rings. The number of rotatable bonds is 3. The van der Waals surface area contributed by atoms with Crippen molar-refractivity contribution in [2.24, 2.45) is 5.10 Å². The summed E-state index contributed by atoms with van der Waals surface area (Å²) in [5.41, 5.74) is 1.84. The molecule has 0 saturated heterocycles. The number of anilines is 1. The first-order valence-electron chi connectivity index (χ1n) is 6.38. The molecule has 0 aliphatic rings. The van der Waals surface area contributed by atoms with Crippen molar-refractivity contribution in [3.63, 3.8) is 0 Å². The highest BCUT2D eigenvalue weighted by atomic mass is 32.1. The first-order valence-corrected chi connectivity index (χ1v) is 6.79. The van der Waals surface area contributed by atoms with Crippen molar-refractivity contribution >= 4 is 29.2 Å². The Balaban J connectivity index is 2.01. The number of thiocarbonyl (C=S) groups is 1. The Kier molecular flexibility index (Phi) is 5.28. The minimum Gasteiger partial charge on any atom is -0.331 e. The van der Waals surface area contributed by atoms with Gasteiger partial charge >= 0.3 is 6.18 Å². The maximum atomic E-state index is 13.0. The van der Waals surface area contributed by atoms with Crippen molar-refractivity contribution in [2.45, 2.75) is 6.18 Å². The Morgan fingerprint density at radius 1 is 1.09 bits per heavy atom. The van der Waals surface area contributed by atoms with Gasteiger partial charge in [0.25, 0.3) is 0 Å². The molecule has 0 atom stereocenters. The smallest absolute Gasteiger partial charge is 0.331 e. The Bertz CT molecular complexity index is 729. The standard InChI is InChI=1S/C15H11F4N3S/c16-11-5-3-4-10(8-11)9-20-22-14(23)21-13-7-2-1-6-12(13)15(17,18)19/h1-9H,(H2,21,22,23)/b20-9-. The lowest BCUT2D eigenvalue weighted by molar-refractivity contribution is -0.136. The number of hydrazone groups is 1. The number of benzene rings is 2. The van der Waals surface area contributed by atoms with Crippen LogP contribution in [0.1, 0.15) is 11.1 Å². The summed E-state index contributed by atoms with van der Waals surface area (Å²) in [6, 6.07) is 10.6. The Labute approximate surface area is 135 Å². The van der Waals surface area contributed by atoms with Gasteiger partial charge in [0.2, 0.25) is 0 Å². The Morgan fingerprint density at radius 3 is 2.52 bits per heavy atom. The lowest BCUT2D eigenvalue weighted by atomic mass is 10.2. The fourth-order valence-electron chi connectivity index (χ4n) is 1.74. The van der Waals surface area contributed by atoms with Crippen molar-refractivity contribution in [1.82, 2.24) is 5.43 Å². The third-order valence-corrected chi connectivity index (χ3v) is 2.90. The fraction of sp³-hybridized carbons (Fsp3) is 0.0667. The largest absolute Gasteiger partial charge is 0.418 e. The molecule has 120 valence electrons. The summed E-state index contributed by atoms with van der Waals surface area (Å²) < 4.78 is 51.5. The van der Waals surface area contributed by atoms with Crippen LogP contribution in [0.15, 0.2) is 53.6 Å². The van der Waals surface area contributed by atoms with Gasteiger partial charge in [0, 0.05) is 0 Å². The van der Waals surface area contributed by atoms with Gasteiger partial charge in [0.15, 0.2) is 5.11 Å². The molecule has 0 aromatic heterocycles. The second-order valence-corrected chi connectivity index (χ2v) is 4.83. The van der Waals surface area contributed by atoms with E-state index in [1.807, 2.05) is 0 Å². The zero-order valence-corrected chi connectivity index (χ0v) is 12.4. The van der Waals surface area contributed by atoms with Crippen molar-refractivity contribution in [3.05, 3.63) is 65.5 Å². The first kappa shape index (κ1) is 16.9. The van der Waals surface area contributed by atoms with E-state index in [4.69, 9.17) is 12.2 Å². The molecule has 0 aliphatic heterocycles. The maximum absolute atomic E-state index is 13.0. The molecule has 2 aromatic rings. The van der Waals surface area contributed by atoms with E-state index in [9.17, 15) is 17.6 Å². The van der Waals surface area contributed by atoms with Gasteiger partial charge < -0.3 is 5.32 Å². The van der Waals surface area contributed by atoms with Crippen LogP contribution in [0.5, 0.6) is 0 Å². The third kappa shape index (κ3) is 5.03. The van der Waals surface area contributed by atoms with Crippen LogP contribution in [0, 0.1) is 5.82 Å². The number of para-hydroxylation sites is 1. The van der Waals surface area contributed by atoms with E-state index in [0.29, 0.717) is 5.56 Å². The van der Waals surface area contributed by atoms with Crippen LogP contribution in [-0.2, 0) is 6.18 Å². The van der Waals surface area contributed by atoms with Crippen LogP contribution in [-0.4, -0.2) is 11.3 Å². The Morgan fingerprint density at radius 2 is 1.83 bits per heavy atom. The number of alkyl halides is 3. The average Bonchev–Trinajstić information content (AvgIpc) is 2.47. The highest BCUT2D eigenvalue weighted by Crippen LogP contribution is 2.34. The lowest BCUT2D eigenvalue weighted by Gasteiger charge is -2.14. The molecule has 2 N–H and O–H groups in total. The van der Waals surface area contributed by atoms with Crippen LogP contribution in [0.3, 0.4) is 0 Å². The van der Waals surface area contributed by atoms with Gasteiger partial charge in [0.1, 0.15) is 5.82 Å². The maximum Gasteiger partial charge on any atom is 0.418 e. The molecular formula is C15H11F4N3S. The Hall–Kier alpha value is -2.48. The monoisotopic (exact) mass is 341 g/mol. The van der Waals surface area contributed by atoms with Gasteiger partial charge in [-0.25, -0.2) is 4.39 Å². The summed E-state index contributed by atoms with van der Waals surface area (Å²) in [7, 11) is 0. The molecule has 3 nitrogen and oxygen atoms in total. The number of halogens is 4. The summed E-state index contributed by atoms with van der Waals surface area (Å²) >= 11 is 4.88. The third-order valence-electron chi connectivity index (χ3n) is 2.71. The highest BCUT2D eigenvalue weighted by molar-refractivity contribution is 7.80. The van der Waals surface area contributed by atoms with Gasteiger partial charge in [-0.1, -0.05) is 24.3 Å². The molecule has 0 radical (unpaired) electrons. The van der Waals surface area contributed by atoms with Crippen LogP contribution >= 0.6 is 12.2 Å². The molecule has 0 aliphatic carbocycles. The van der Waals surface area contributed by atoms with E-state index in [1.165, 1.54) is 42.6 Å². The van der Waals surface area contributed by atoms with Gasteiger partial charge in [-0.2, -0.15) is 18.3 Å². The average molecular weight is 341 g/mol. The second-order valence-electron chi connectivity index (χ2n) is 4.42. The molecule has 0 amide bonds. The fourth-order valence-corrected chi connectivity index (χ4v) is 1.90. The van der Waals surface area contributed by atoms with Crippen LogP contribution in [0.2, 0.25) is 0 Å². The topological polar surface area (TPSA) is 36.4 Å². The summed E-state index contributed by atoms with van der Waals surface area (Å²) in [6.07, 6.45) is -3.20. The van der Waals surface area contributed by atoms with Gasteiger partial charge in [-0.15, -0.1) is 0 Å². The molecule has 0 unspecified atom stereocenters. The van der Waals surface area contributed by atoms with Crippen LogP contribution in [0.25, 0.3) is 0 Å². The van der Waals surface area contributed by atoms with Crippen LogP contribution < -0.4 is 10.7 Å². The minimum atomic E-state index is -4.50. The SMILES string of the molecule is Fc1cccc(/C=N\NC(=S)Nc2ccccc2C(F)(F)F)c1. The predicted octanol–water partition coefficient (Wildman–Crippen LogP) is 4.17. The summed E-state index contributed by atoms with van der Waals surface area (Å²) in [4.78, 5) is 0. The normalized spacial score (nSPS) is 11.5. The van der Waals surface area contributed by atoms with Gasteiger partial charge in [-0.3, -0.25) is 5.43 Å². The minimum absolute atomic E-state index is 0.116. The van der Waals surface area contributed by atoms with Crippen molar-refractivity contribution in [2.75, 3.05) is 5.32 Å². The second kappa shape index (κ2) is 7.19. The van der Waals surface area contributed by atoms with Crippen LogP contribution in [0.4, 0.5) is 23.2 Å². The number of nitrogens with zero attached hydrogens (tertiary/aromatic N) is 1. The van der Waals surface area contributed by atoms with Gasteiger partial charge in [0.05, 0.1) is 17.5 Å². The molecule has 23 heavy (non-hydrogen) atoms. The number of nitrogens with one attached hydrogen (secondary N) is 2. The van der Waals surface area contributed by atoms with E-state index < -0.39 is 17.6 Å². The molecule has 0 saturated carbocycles. The molecule has 0 spiro atoms. The number of hydrogen-bond acceptors (Lipinski definition) is 2. The summed E-state index contributed by atoms with van der Waals surface area (Å²) in [6.45, 7) is 0. The zero-order chi connectivity index (χ0) is 16.9.